The Morgan fingerprint density at radius 2 is 1.74 bits per heavy atom. The van der Waals surface area contributed by atoms with Crippen LogP contribution in [0.5, 0.6) is 0 Å². The lowest BCUT2D eigenvalue weighted by molar-refractivity contribution is -0.166. The van der Waals surface area contributed by atoms with Crippen molar-refractivity contribution in [3.05, 3.63) is 0 Å². The van der Waals surface area contributed by atoms with Crippen molar-refractivity contribution in [3.63, 3.8) is 0 Å². The molecule has 2 unspecified atom stereocenters. The molecule has 0 radical (unpaired) electrons. The summed E-state index contributed by atoms with van der Waals surface area (Å²) in [5.74, 6) is -5.73. The van der Waals surface area contributed by atoms with Crippen LogP contribution in [0.25, 0.3) is 0 Å². The lowest BCUT2D eigenvalue weighted by Gasteiger charge is -2.22. The highest BCUT2D eigenvalue weighted by atomic mass is 16.5. The minimum atomic E-state index is -1.96. The fourth-order valence-corrected chi connectivity index (χ4v) is 1.37. The van der Waals surface area contributed by atoms with Crippen molar-refractivity contribution in [2.75, 3.05) is 6.61 Å². The maximum Gasteiger partial charge on any atom is 0.375 e. The summed E-state index contributed by atoms with van der Waals surface area (Å²) >= 11 is 0. The Kier molecular flexibility index (Phi) is 6.17. The molecule has 0 aliphatic carbocycles. The molecule has 108 valence electrons. The number of Topliss-reactive ketones (excluding diaryl/α,β-unsaturated/α-hetero) is 1. The number of hydrogen-bond donors (Lipinski definition) is 2. The van der Waals surface area contributed by atoms with Gasteiger partial charge in [0.05, 0.1) is 12.5 Å². The second-order valence-corrected chi connectivity index (χ2v) is 4.46. The first-order valence-electron chi connectivity index (χ1n) is 5.84. The predicted octanol–water partition coefficient (Wildman–Crippen LogP) is 0.710. The molecule has 0 aromatic heterocycles. The molecule has 0 aromatic carbocycles. The zero-order valence-corrected chi connectivity index (χ0v) is 11.1. The van der Waals surface area contributed by atoms with Gasteiger partial charge in [-0.05, 0) is 26.7 Å². The molecule has 0 fully saturated rings. The van der Waals surface area contributed by atoms with E-state index < -0.39 is 35.0 Å². The largest absolute Gasteiger partial charge is 0.481 e. The first kappa shape index (κ1) is 17.1. The predicted molar refractivity (Wildman–Crippen MR) is 63.4 cm³/mol. The van der Waals surface area contributed by atoms with Crippen LogP contribution in [0.3, 0.4) is 0 Å². The van der Waals surface area contributed by atoms with Gasteiger partial charge in [0.2, 0.25) is 0 Å². The highest BCUT2D eigenvalue weighted by Gasteiger charge is 2.45. The van der Waals surface area contributed by atoms with Crippen LogP contribution < -0.4 is 0 Å². The average Bonchev–Trinajstić information content (AvgIpc) is 2.34. The maximum absolute atomic E-state index is 11.8. The Labute approximate surface area is 110 Å². The van der Waals surface area contributed by atoms with E-state index in [-0.39, 0.29) is 19.4 Å². The van der Waals surface area contributed by atoms with Crippen LogP contribution in [-0.4, -0.2) is 40.5 Å². The van der Waals surface area contributed by atoms with Crippen LogP contribution in [0, 0.1) is 11.3 Å². The van der Waals surface area contributed by atoms with Crippen molar-refractivity contribution >= 4 is 23.7 Å². The minimum absolute atomic E-state index is 0.0245. The number of rotatable bonds is 8. The molecule has 0 saturated carbocycles. The van der Waals surface area contributed by atoms with E-state index in [2.05, 4.69) is 4.74 Å². The number of hydrogen-bond acceptors (Lipinski definition) is 5. The number of ketones is 1. The van der Waals surface area contributed by atoms with Crippen molar-refractivity contribution in [3.8, 4) is 0 Å². The van der Waals surface area contributed by atoms with Crippen molar-refractivity contribution in [2.45, 2.75) is 33.6 Å². The van der Waals surface area contributed by atoms with Crippen LogP contribution in [0.2, 0.25) is 0 Å². The highest BCUT2D eigenvalue weighted by Crippen LogP contribution is 2.28. The molecule has 0 aliphatic heterocycles. The molecule has 2 N–H and O–H groups in total. The van der Waals surface area contributed by atoms with E-state index in [1.54, 1.807) is 0 Å². The third kappa shape index (κ3) is 4.35. The number of aliphatic carboxylic acids is 2. The summed E-state index contributed by atoms with van der Waals surface area (Å²) in [6.45, 7) is 3.96. The van der Waals surface area contributed by atoms with E-state index >= 15 is 0 Å². The highest BCUT2D eigenvalue weighted by molar-refractivity contribution is 6.39. The summed E-state index contributed by atoms with van der Waals surface area (Å²) in [5.41, 5.74) is -1.96. The van der Waals surface area contributed by atoms with E-state index in [4.69, 9.17) is 10.2 Å². The first-order valence-corrected chi connectivity index (χ1v) is 5.84. The number of esters is 1. The van der Waals surface area contributed by atoms with Gasteiger partial charge < -0.3 is 14.9 Å². The summed E-state index contributed by atoms with van der Waals surface area (Å²) in [5, 5.41) is 17.8. The number of carbonyl (C=O) groups excluding carboxylic acids is 2. The van der Waals surface area contributed by atoms with Gasteiger partial charge in [0.15, 0.2) is 0 Å². The molecule has 0 aliphatic rings. The molecule has 0 aromatic rings. The molecule has 0 rings (SSSR count). The second kappa shape index (κ2) is 6.86. The molecule has 0 spiro atoms. The van der Waals surface area contributed by atoms with Crippen LogP contribution in [0.1, 0.15) is 33.6 Å². The number of carboxylic acids is 2. The van der Waals surface area contributed by atoms with E-state index in [1.165, 1.54) is 13.8 Å². The summed E-state index contributed by atoms with van der Waals surface area (Å²) in [6, 6.07) is 0. The fourth-order valence-electron chi connectivity index (χ4n) is 1.37. The van der Waals surface area contributed by atoms with Crippen LogP contribution >= 0.6 is 0 Å². The summed E-state index contributed by atoms with van der Waals surface area (Å²) < 4.78 is 4.49. The molecule has 0 amide bonds. The standard InChI is InChI=1S/C12H18O7/c1-4-19-10(16)8(13)12(3,11(17)18)6-5-7(2)9(14)15/h7H,4-6H2,1-3H3,(H,14,15)(H,17,18). The Bertz CT molecular complexity index is 388. The molecule has 19 heavy (non-hydrogen) atoms. The quantitative estimate of drug-likeness (QED) is 0.380. The van der Waals surface area contributed by atoms with E-state index in [0.717, 1.165) is 6.92 Å². The molecule has 2 atom stereocenters. The van der Waals surface area contributed by atoms with Crippen LogP contribution in [0.4, 0.5) is 0 Å². The lowest BCUT2D eigenvalue weighted by atomic mass is 9.79. The van der Waals surface area contributed by atoms with Crippen molar-refractivity contribution in [1.82, 2.24) is 0 Å². The molecular formula is C12H18O7. The third-order valence-corrected chi connectivity index (χ3v) is 2.93. The van der Waals surface area contributed by atoms with Gasteiger partial charge in [0, 0.05) is 0 Å². The van der Waals surface area contributed by atoms with Gasteiger partial charge in [0.25, 0.3) is 5.78 Å². The summed E-state index contributed by atoms with van der Waals surface area (Å²) in [4.78, 5) is 44.9. The molecule has 0 saturated heterocycles. The van der Waals surface area contributed by atoms with Gasteiger partial charge in [-0.25, -0.2) is 4.79 Å². The first-order chi connectivity index (χ1) is 8.66. The molecule has 7 heteroatoms. The van der Waals surface area contributed by atoms with Gasteiger partial charge in [0.1, 0.15) is 5.41 Å². The second-order valence-electron chi connectivity index (χ2n) is 4.46. The normalized spacial score (nSPS) is 15.1. The van der Waals surface area contributed by atoms with E-state index in [9.17, 15) is 19.2 Å². The topological polar surface area (TPSA) is 118 Å². The zero-order valence-electron chi connectivity index (χ0n) is 11.1. The van der Waals surface area contributed by atoms with Gasteiger partial charge in [-0.1, -0.05) is 6.92 Å². The minimum Gasteiger partial charge on any atom is -0.481 e. The maximum atomic E-state index is 11.8. The summed E-state index contributed by atoms with van der Waals surface area (Å²) in [6.07, 6.45) is -0.267. The lowest BCUT2D eigenvalue weighted by Crippen LogP contribution is -2.42. The Balaban J connectivity index is 4.95. The fraction of sp³-hybridized carbons (Fsp3) is 0.667. The summed E-state index contributed by atoms with van der Waals surface area (Å²) in [7, 11) is 0. The van der Waals surface area contributed by atoms with Gasteiger partial charge >= 0.3 is 17.9 Å². The third-order valence-electron chi connectivity index (χ3n) is 2.93. The molecule has 0 heterocycles. The number of carboxylic acid groups (broad SMARTS) is 2. The van der Waals surface area contributed by atoms with Crippen LogP contribution in [-0.2, 0) is 23.9 Å². The van der Waals surface area contributed by atoms with Crippen molar-refractivity contribution < 1.29 is 34.1 Å². The smallest absolute Gasteiger partial charge is 0.375 e. The Hall–Kier alpha value is -1.92. The van der Waals surface area contributed by atoms with Crippen molar-refractivity contribution in [1.29, 1.82) is 0 Å². The Morgan fingerprint density at radius 1 is 1.21 bits per heavy atom. The van der Waals surface area contributed by atoms with Gasteiger partial charge in [-0.3, -0.25) is 14.4 Å². The molecular weight excluding hydrogens is 256 g/mol. The van der Waals surface area contributed by atoms with Crippen LogP contribution in [0.15, 0.2) is 0 Å². The van der Waals surface area contributed by atoms with Gasteiger partial charge in [-0.2, -0.15) is 0 Å². The Morgan fingerprint density at radius 3 is 2.11 bits per heavy atom. The molecule has 7 nitrogen and oxygen atoms in total. The number of carbonyl (C=O) groups is 4. The zero-order chi connectivity index (χ0) is 15.2. The van der Waals surface area contributed by atoms with Crippen molar-refractivity contribution in [2.24, 2.45) is 11.3 Å². The van der Waals surface area contributed by atoms with E-state index in [1.807, 2.05) is 0 Å². The SMILES string of the molecule is CCOC(=O)C(=O)C(C)(CCC(C)C(=O)O)C(=O)O. The van der Waals surface area contributed by atoms with E-state index in [0.29, 0.717) is 0 Å². The number of ether oxygens (including phenoxy) is 1. The molecule has 0 bridgehead atoms. The monoisotopic (exact) mass is 274 g/mol. The average molecular weight is 274 g/mol. The van der Waals surface area contributed by atoms with Gasteiger partial charge in [-0.15, -0.1) is 0 Å².